The second kappa shape index (κ2) is 8.16. The van der Waals surface area contributed by atoms with Gasteiger partial charge in [-0.2, -0.15) is 0 Å². The number of nitrogens with zero attached hydrogens (tertiary/aromatic N) is 1. The zero-order valence-electron chi connectivity index (χ0n) is 11.1. The monoisotopic (exact) mass is 332 g/mol. The van der Waals surface area contributed by atoms with Crippen LogP contribution in [0.25, 0.3) is 0 Å². The van der Waals surface area contributed by atoms with E-state index in [1.54, 1.807) is 0 Å². The first-order valence-corrected chi connectivity index (χ1v) is 7.70. The lowest BCUT2D eigenvalue weighted by Crippen LogP contribution is -2.34. The number of benzene rings is 1. The van der Waals surface area contributed by atoms with Crippen molar-refractivity contribution in [1.82, 2.24) is 4.90 Å². The summed E-state index contributed by atoms with van der Waals surface area (Å²) in [5.41, 5.74) is 7.14. The third-order valence-corrected chi connectivity index (χ3v) is 4.43. The highest BCUT2D eigenvalue weighted by Gasteiger charge is 2.17. The van der Waals surface area contributed by atoms with E-state index in [1.165, 1.54) is 18.4 Å². The Hall–Kier alpha value is -0.0900. The number of hydrogen-bond acceptors (Lipinski definition) is 2. The summed E-state index contributed by atoms with van der Waals surface area (Å²) >= 11 is 9.58. The number of rotatable bonds is 7. The largest absolute Gasteiger partial charge is 0.329 e. The second-order valence-corrected chi connectivity index (χ2v) is 5.67. The molecule has 0 saturated heterocycles. The molecule has 0 radical (unpaired) electrons. The quantitative estimate of drug-likeness (QED) is 0.809. The van der Waals surface area contributed by atoms with Gasteiger partial charge in [-0.25, -0.2) is 0 Å². The fraction of sp³-hybridized carbons (Fsp3) is 0.571. The van der Waals surface area contributed by atoms with Crippen molar-refractivity contribution >= 4 is 27.5 Å². The van der Waals surface area contributed by atoms with Crippen LogP contribution in [0.15, 0.2) is 22.7 Å². The van der Waals surface area contributed by atoms with E-state index >= 15 is 0 Å². The number of nitrogens with two attached hydrogens (primary N) is 1. The lowest BCUT2D eigenvalue weighted by molar-refractivity contribution is 0.209. The van der Waals surface area contributed by atoms with E-state index < -0.39 is 0 Å². The smallest absolute Gasteiger partial charge is 0.0551 e. The molecule has 18 heavy (non-hydrogen) atoms. The van der Waals surface area contributed by atoms with Crippen molar-refractivity contribution in [3.63, 3.8) is 0 Å². The first-order valence-electron chi connectivity index (χ1n) is 6.53. The van der Waals surface area contributed by atoms with Crippen LogP contribution in [0.4, 0.5) is 0 Å². The van der Waals surface area contributed by atoms with Gasteiger partial charge in [0.15, 0.2) is 0 Å². The Morgan fingerprint density at radius 2 is 2.11 bits per heavy atom. The van der Waals surface area contributed by atoms with Gasteiger partial charge < -0.3 is 5.73 Å². The van der Waals surface area contributed by atoms with Gasteiger partial charge in [-0.15, -0.1) is 0 Å². The average Bonchev–Trinajstić information content (AvgIpc) is 2.38. The maximum absolute atomic E-state index is 6.16. The fourth-order valence-corrected chi connectivity index (χ4v) is 2.55. The molecular formula is C14H22BrClN2. The minimum absolute atomic E-state index is 0.257. The summed E-state index contributed by atoms with van der Waals surface area (Å²) in [7, 11) is 0. The van der Waals surface area contributed by atoms with Gasteiger partial charge in [-0.3, -0.25) is 4.90 Å². The molecule has 0 saturated carbocycles. The number of unbranched alkanes of at least 4 members (excludes halogenated alkanes) is 1. The molecule has 0 aliphatic rings. The van der Waals surface area contributed by atoms with Gasteiger partial charge in [0.1, 0.15) is 0 Å². The summed E-state index contributed by atoms with van der Waals surface area (Å²) in [6.45, 7) is 7.11. The Balaban J connectivity index is 2.88. The van der Waals surface area contributed by atoms with E-state index in [2.05, 4.69) is 40.7 Å². The molecule has 1 atom stereocenters. The van der Waals surface area contributed by atoms with E-state index in [4.69, 9.17) is 17.3 Å². The number of hydrogen-bond donors (Lipinski definition) is 1. The highest BCUT2D eigenvalue weighted by Crippen LogP contribution is 2.28. The lowest BCUT2D eigenvalue weighted by atomic mass is 10.0. The molecule has 2 nitrogen and oxygen atoms in total. The van der Waals surface area contributed by atoms with Gasteiger partial charge in [0.05, 0.1) is 5.02 Å². The van der Waals surface area contributed by atoms with Crippen molar-refractivity contribution in [2.24, 2.45) is 5.73 Å². The summed E-state index contributed by atoms with van der Waals surface area (Å²) < 4.78 is 0.931. The summed E-state index contributed by atoms with van der Waals surface area (Å²) in [5.74, 6) is 0. The van der Waals surface area contributed by atoms with Crippen LogP contribution < -0.4 is 5.73 Å². The van der Waals surface area contributed by atoms with Crippen LogP contribution in [0.3, 0.4) is 0 Å². The zero-order chi connectivity index (χ0) is 13.5. The van der Waals surface area contributed by atoms with Crippen LogP contribution in [0.1, 0.15) is 38.3 Å². The first-order chi connectivity index (χ1) is 8.63. The molecule has 4 heteroatoms. The van der Waals surface area contributed by atoms with Crippen molar-refractivity contribution in [1.29, 1.82) is 0 Å². The second-order valence-electron chi connectivity index (χ2n) is 4.41. The Morgan fingerprint density at radius 3 is 2.61 bits per heavy atom. The van der Waals surface area contributed by atoms with E-state index in [9.17, 15) is 0 Å². The molecule has 0 aromatic heterocycles. The number of likely N-dealkylation sites (N-methyl/N-ethyl adjacent to an activating group) is 1. The molecule has 102 valence electrons. The van der Waals surface area contributed by atoms with Crippen molar-refractivity contribution in [3.8, 4) is 0 Å². The van der Waals surface area contributed by atoms with E-state index in [1.807, 2.05) is 12.1 Å². The normalized spacial score (nSPS) is 13.0. The van der Waals surface area contributed by atoms with Crippen molar-refractivity contribution in [2.75, 3.05) is 19.6 Å². The summed E-state index contributed by atoms with van der Waals surface area (Å²) in [6, 6.07) is 6.36. The third-order valence-electron chi connectivity index (χ3n) is 3.20. The Kier molecular flexibility index (Phi) is 7.23. The van der Waals surface area contributed by atoms with E-state index in [-0.39, 0.29) is 6.04 Å². The fourth-order valence-electron chi connectivity index (χ4n) is 2.11. The Morgan fingerprint density at radius 1 is 1.39 bits per heavy atom. The standard InChI is InChI=1S/C14H22BrClN2/c1-3-5-8-18(4-2)14(10-17)11-6-7-12(15)13(16)9-11/h6-7,9,14H,3-5,8,10,17H2,1-2H3. The van der Waals surface area contributed by atoms with Crippen LogP contribution in [0.2, 0.25) is 5.02 Å². The Bertz CT molecular complexity index is 371. The molecule has 0 bridgehead atoms. The molecule has 1 aromatic rings. The summed E-state index contributed by atoms with van der Waals surface area (Å²) in [4.78, 5) is 2.42. The summed E-state index contributed by atoms with van der Waals surface area (Å²) in [5, 5.41) is 0.748. The van der Waals surface area contributed by atoms with Crippen LogP contribution in [0, 0.1) is 0 Å². The first kappa shape index (κ1) is 16.0. The maximum atomic E-state index is 6.16. The zero-order valence-corrected chi connectivity index (χ0v) is 13.5. The van der Waals surface area contributed by atoms with Gasteiger partial charge in [0.2, 0.25) is 0 Å². The van der Waals surface area contributed by atoms with Gasteiger partial charge >= 0.3 is 0 Å². The van der Waals surface area contributed by atoms with Gasteiger partial charge in [-0.05, 0) is 53.1 Å². The topological polar surface area (TPSA) is 29.3 Å². The highest BCUT2D eigenvalue weighted by molar-refractivity contribution is 9.10. The van der Waals surface area contributed by atoms with Gasteiger partial charge in [0.25, 0.3) is 0 Å². The van der Waals surface area contributed by atoms with Crippen LogP contribution in [-0.4, -0.2) is 24.5 Å². The minimum Gasteiger partial charge on any atom is -0.329 e. The summed E-state index contributed by atoms with van der Waals surface area (Å²) in [6.07, 6.45) is 2.41. The third kappa shape index (κ3) is 4.23. The SMILES string of the molecule is CCCCN(CC)C(CN)c1ccc(Br)c(Cl)c1. The minimum atomic E-state index is 0.257. The lowest BCUT2D eigenvalue weighted by Gasteiger charge is -2.30. The van der Waals surface area contributed by atoms with Gasteiger partial charge in [0, 0.05) is 17.1 Å². The highest BCUT2D eigenvalue weighted by atomic mass is 79.9. The van der Waals surface area contributed by atoms with E-state index in [0.29, 0.717) is 6.54 Å². The van der Waals surface area contributed by atoms with Crippen LogP contribution in [0.5, 0.6) is 0 Å². The molecule has 0 aliphatic heterocycles. The average molecular weight is 334 g/mol. The molecule has 0 fully saturated rings. The molecule has 0 spiro atoms. The molecule has 1 aromatic carbocycles. The maximum Gasteiger partial charge on any atom is 0.0551 e. The predicted octanol–water partition coefficient (Wildman–Crippen LogP) is 4.22. The van der Waals surface area contributed by atoms with Crippen LogP contribution in [-0.2, 0) is 0 Å². The number of halogens is 2. The van der Waals surface area contributed by atoms with Crippen molar-refractivity contribution in [2.45, 2.75) is 32.7 Å². The Labute approximate surface area is 124 Å². The molecular weight excluding hydrogens is 312 g/mol. The molecule has 1 unspecified atom stereocenters. The van der Waals surface area contributed by atoms with Gasteiger partial charge in [-0.1, -0.05) is 37.9 Å². The molecule has 2 N–H and O–H groups in total. The van der Waals surface area contributed by atoms with Crippen LogP contribution >= 0.6 is 27.5 Å². The van der Waals surface area contributed by atoms with E-state index in [0.717, 1.165) is 22.6 Å². The predicted molar refractivity (Wildman–Crippen MR) is 83.1 cm³/mol. The molecule has 0 amide bonds. The van der Waals surface area contributed by atoms with Crippen molar-refractivity contribution in [3.05, 3.63) is 33.3 Å². The van der Waals surface area contributed by atoms with Crippen molar-refractivity contribution < 1.29 is 0 Å². The molecule has 0 aliphatic carbocycles. The molecule has 1 rings (SSSR count). The molecule has 0 heterocycles.